The number of azide groups is 1. The van der Waals surface area contributed by atoms with E-state index in [1.165, 1.54) is 0 Å². The van der Waals surface area contributed by atoms with Crippen molar-refractivity contribution < 1.29 is 24.1 Å². The van der Waals surface area contributed by atoms with Crippen LogP contribution in [0.3, 0.4) is 0 Å². The highest BCUT2D eigenvalue weighted by atomic mass is 16.7. The van der Waals surface area contributed by atoms with Crippen LogP contribution in [0.1, 0.15) is 44.0 Å². The molecular formula is C21H29N3O5. The van der Waals surface area contributed by atoms with Crippen LogP contribution in [-0.4, -0.2) is 49.0 Å². The van der Waals surface area contributed by atoms with Gasteiger partial charge < -0.3 is 24.1 Å². The van der Waals surface area contributed by atoms with Crippen LogP contribution >= 0.6 is 0 Å². The molecule has 2 saturated heterocycles. The monoisotopic (exact) mass is 403 g/mol. The molecule has 0 bridgehead atoms. The SMILES string of the molecule is C=CCCCCCCO[C@@H]1OC2COC(c3ccccc3)O[C@H]2[C@H](O)C1N=[N+]=[N-]. The predicted molar refractivity (Wildman–Crippen MR) is 107 cm³/mol. The van der Waals surface area contributed by atoms with Gasteiger partial charge in [0.15, 0.2) is 12.6 Å². The van der Waals surface area contributed by atoms with E-state index in [1.807, 2.05) is 36.4 Å². The van der Waals surface area contributed by atoms with Crippen LogP contribution in [0.2, 0.25) is 0 Å². The van der Waals surface area contributed by atoms with Gasteiger partial charge in [-0.05, 0) is 24.8 Å². The highest BCUT2D eigenvalue weighted by molar-refractivity contribution is 5.16. The third-order valence-corrected chi connectivity index (χ3v) is 5.17. The molecule has 1 N–H and O–H groups in total. The van der Waals surface area contributed by atoms with Crippen molar-refractivity contribution in [3.63, 3.8) is 0 Å². The Morgan fingerprint density at radius 2 is 2.00 bits per heavy atom. The quantitative estimate of drug-likeness (QED) is 0.209. The molecule has 0 aromatic heterocycles. The zero-order valence-corrected chi connectivity index (χ0v) is 16.5. The molecule has 2 heterocycles. The molecule has 8 nitrogen and oxygen atoms in total. The smallest absolute Gasteiger partial charge is 0.184 e. The van der Waals surface area contributed by atoms with Gasteiger partial charge in [-0.3, -0.25) is 0 Å². The maximum absolute atomic E-state index is 10.8. The Labute approximate surface area is 171 Å². The topological polar surface area (TPSA) is 106 Å². The maximum Gasteiger partial charge on any atom is 0.184 e. The fraction of sp³-hybridized carbons (Fsp3) is 0.619. The lowest BCUT2D eigenvalue weighted by atomic mass is 9.96. The van der Waals surface area contributed by atoms with Gasteiger partial charge in [0.1, 0.15) is 18.2 Å². The highest BCUT2D eigenvalue weighted by Gasteiger charge is 2.49. The number of unbranched alkanes of at least 4 members (excludes halogenated alkanes) is 4. The Balaban J connectivity index is 1.56. The zero-order valence-electron chi connectivity index (χ0n) is 16.5. The molecule has 3 rings (SSSR count). The highest BCUT2D eigenvalue weighted by Crippen LogP contribution is 2.35. The Hall–Kier alpha value is -1.93. The number of rotatable bonds is 10. The summed E-state index contributed by atoms with van der Waals surface area (Å²) >= 11 is 0. The van der Waals surface area contributed by atoms with Gasteiger partial charge in [0, 0.05) is 17.1 Å². The number of benzene rings is 1. The number of ether oxygens (including phenoxy) is 4. The second-order valence-corrected chi connectivity index (χ2v) is 7.27. The maximum atomic E-state index is 10.8. The number of fused-ring (bicyclic) bond motifs is 1. The fourth-order valence-electron chi connectivity index (χ4n) is 3.62. The summed E-state index contributed by atoms with van der Waals surface area (Å²) in [6.07, 6.45) is 3.44. The summed E-state index contributed by atoms with van der Waals surface area (Å²) in [7, 11) is 0. The van der Waals surface area contributed by atoms with Crippen LogP contribution in [0.15, 0.2) is 48.1 Å². The molecule has 1 aromatic carbocycles. The van der Waals surface area contributed by atoms with Crippen molar-refractivity contribution in [3.8, 4) is 0 Å². The van der Waals surface area contributed by atoms with E-state index >= 15 is 0 Å². The molecule has 0 spiro atoms. The second kappa shape index (κ2) is 11.3. The Kier molecular flexibility index (Phi) is 8.49. The van der Waals surface area contributed by atoms with Crippen molar-refractivity contribution in [1.82, 2.24) is 0 Å². The van der Waals surface area contributed by atoms with E-state index in [9.17, 15) is 5.11 Å². The molecule has 2 fully saturated rings. The second-order valence-electron chi connectivity index (χ2n) is 7.27. The van der Waals surface area contributed by atoms with E-state index in [1.54, 1.807) is 0 Å². The van der Waals surface area contributed by atoms with Gasteiger partial charge >= 0.3 is 0 Å². The Morgan fingerprint density at radius 3 is 2.76 bits per heavy atom. The van der Waals surface area contributed by atoms with E-state index in [4.69, 9.17) is 24.5 Å². The largest absolute Gasteiger partial charge is 0.390 e. The summed E-state index contributed by atoms with van der Waals surface area (Å²) in [6, 6.07) is 8.61. The Bertz CT molecular complexity index is 682. The third-order valence-electron chi connectivity index (χ3n) is 5.17. The molecule has 29 heavy (non-hydrogen) atoms. The first-order valence-corrected chi connectivity index (χ1v) is 10.2. The normalized spacial score (nSPS) is 31.5. The number of aliphatic hydroxyl groups is 1. The summed E-state index contributed by atoms with van der Waals surface area (Å²) in [6.45, 7) is 4.44. The van der Waals surface area contributed by atoms with Crippen LogP contribution in [0.4, 0.5) is 0 Å². The average Bonchev–Trinajstić information content (AvgIpc) is 2.76. The van der Waals surface area contributed by atoms with E-state index < -0.39 is 36.9 Å². The number of hydrogen-bond acceptors (Lipinski definition) is 6. The van der Waals surface area contributed by atoms with Gasteiger partial charge in [0.2, 0.25) is 0 Å². The van der Waals surface area contributed by atoms with Crippen LogP contribution in [0, 0.1) is 0 Å². The molecule has 3 unspecified atom stereocenters. The fourth-order valence-corrected chi connectivity index (χ4v) is 3.62. The number of allylic oxidation sites excluding steroid dienone is 1. The van der Waals surface area contributed by atoms with Gasteiger partial charge in [0.25, 0.3) is 0 Å². The van der Waals surface area contributed by atoms with Crippen LogP contribution in [0.5, 0.6) is 0 Å². The Morgan fingerprint density at radius 1 is 1.21 bits per heavy atom. The van der Waals surface area contributed by atoms with Gasteiger partial charge in [0.05, 0.1) is 12.7 Å². The molecule has 158 valence electrons. The molecule has 2 aliphatic heterocycles. The summed E-state index contributed by atoms with van der Waals surface area (Å²) in [5.41, 5.74) is 9.79. The molecule has 8 heteroatoms. The van der Waals surface area contributed by atoms with E-state index in [0.717, 1.165) is 37.7 Å². The van der Waals surface area contributed by atoms with Gasteiger partial charge in [-0.2, -0.15) is 0 Å². The standard InChI is InChI=1S/C21H29N3O5/c1-2-3-4-5-6-10-13-26-21-17(23-24-22)18(25)19-16(28-21)14-27-20(29-19)15-11-8-7-9-12-15/h2,7-9,11-12,16-21,25H,1,3-6,10,13-14H2/t16?,17?,18-,19-,20?,21-/m1/s1. The summed E-state index contributed by atoms with van der Waals surface area (Å²) in [4.78, 5) is 2.86. The van der Waals surface area contributed by atoms with Crippen LogP contribution in [-0.2, 0) is 18.9 Å². The van der Waals surface area contributed by atoms with Crippen molar-refractivity contribution in [3.05, 3.63) is 59.0 Å². The third kappa shape index (κ3) is 5.79. The van der Waals surface area contributed by atoms with Crippen molar-refractivity contribution >= 4 is 0 Å². The summed E-state index contributed by atoms with van der Waals surface area (Å²) in [5, 5.41) is 14.5. The molecule has 0 saturated carbocycles. The zero-order chi connectivity index (χ0) is 20.5. The molecule has 0 aliphatic carbocycles. The van der Waals surface area contributed by atoms with Gasteiger partial charge in [-0.1, -0.05) is 54.4 Å². The van der Waals surface area contributed by atoms with Crippen molar-refractivity contribution in [1.29, 1.82) is 0 Å². The average molecular weight is 403 g/mol. The molecule has 0 radical (unpaired) electrons. The first-order chi connectivity index (χ1) is 14.2. The van der Waals surface area contributed by atoms with Crippen LogP contribution in [0.25, 0.3) is 10.4 Å². The summed E-state index contributed by atoms with van der Waals surface area (Å²) < 4.78 is 23.5. The lowest BCUT2D eigenvalue weighted by Gasteiger charge is -2.46. The van der Waals surface area contributed by atoms with Crippen molar-refractivity contribution in [2.45, 2.75) is 69.0 Å². The van der Waals surface area contributed by atoms with Gasteiger partial charge in [-0.15, -0.1) is 6.58 Å². The molecule has 2 aliphatic rings. The number of nitrogens with zero attached hydrogens (tertiary/aromatic N) is 3. The lowest BCUT2D eigenvalue weighted by Crippen LogP contribution is -2.61. The summed E-state index contributed by atoms with van der Waals surface area (Å²) in [5.74, 6) is 0. The minimum absolute atomic E-state index is 0.256. The predicted octanol–water partition coefficient (Wildman–Crippen LogP) is 4.02. The van der Waals surface area contributed by atoms with E-state index in [-0.39, 0.29) is 6.61 Å². The van der Waals surface area contributed by atoms with Crippen molar-refractivity contribution in [2.75, 3.05) is 13.2 Å². The first kappa shape index (κ1) is 21.8. The molecule has 6 atom stereocenters. The van der Waals surface area contributed by atoms with Gasteiger partial charge in [-0.25, -0.2) is 0 Å². The first-order valence-electron chi connectivity index (χ1n) is 10.2. The molecule has 1 aromatic rings. The van der Waals surface area contributed by atoms with Crippen molar-refractivity contribution in [2.24, 2.45) is 5.11 Å². The minimum atomic E-state index is -1.04. The van der Waals surface area contributed by atoms with E-state index in [2.05, 4.69) is 16.6 Å². The minimum Gasteiger partial charge on any atom is -0.390 e. The number of aliphatic hydroxyl groups excluding tert-OH is 1. The number of hydrogen-bond donors (Lipinski definition) is 1. The lowest BCUT2D eigenvalue weighted by molar-refractivity contribution is -0.341. The van der Waals surface area contributed by atoms with E-state index in [0.29, 0.717) is 6.61 Å². The molecule has 0 amide bonds. The molecular weight excluding hydrogens is 374 g/mol. The van der Waals surface area contributed by atoms with Crippen LogP contribution < -0.4 is 0 Å².